The van der Waals surface area contributed by atoms with Gasteiger partial charge in [0.25, 0.3) is 0 Å². The number of nitrogens with zero attached hydrogens (tertiary/aromatic N) is 2. The first kappa shape index (κ1) is 21.2. The summed E-state index contributed by atoms with van der Waals surface area (Å²) in [6.07, 6.45) is 0. The van der Waals surface area contributed by atoms with Crippen molar-refractivity contribution in [2.24, 2.45) is 10.4 Å². The molecule has 1 aromatic carbocycles. The molecule has 0 spiro atoms. The lowest BCUT2D eigenvalue weighted by Gasteiger charge is -2.27. The molecule has 1 heterocycles. The molecule has 2 rings (SSSR count). The quantitative estimate of drug-likeness (QED) is 0.489. The highest BCUT2D eigenvalue weighted by Gasteiger charge is 2.26. The molecule has 0 aliphatic carbocycles. The first-order valence-electron chi connectivity index (χ1n) is 9.50. The van der Waals surface area contributed by atoms with Gasteiger partial charge in [0.1, 0.15) is 0 Å². The van der Waals surface area contributed by atoms with Gasteiger partial charge in [-0.25, -0.2) is 0 Å². The third-order valence-corrected chi connectivity index (χ3v) is 4.83. The Balaban J connectivity index is 1.91. The number of ether oxygens (including phenoxy) is 1. The molecule has 7 heteroatoms. The molecule has 0 bridgehead atoms. The van der Waals surface area contributed by atoms with E-state index in [1.807, 2.05) is 13.8 Å². The van der Waals surface area contributed by atoms with Crippen LogP contribution in [0.15, 0.2) is 29.3 Å². The third kappa shape index (κ3) is 6.52. The highest BCUT2D eigenvalue weighted by molar-refractivity contribution is 5.84. The zero-order valence-electron chi connectivity index (χ0n) is 17.0. The number of hydrogen-bond acceptors (Lipinski definition) is 4. The lowest BCUT2D eigenvalue weighted by Crippen LogP contribution is -2.47. The highest BCUT2D eigenvalue weighted by atomic mass is 16.5. The molecule has 3 N–H and O–H groups in total. The van der Waals surface area contributed by atoms with E-state index in [1.165, 1.54) is 11.1 Å². The van der Waals surface area contributed by atoms with Crippen LogP contribution in [0.4, 0.5) is 0 Å². The van der Waals surface area contributed by atoms with Crippen molar-refractivity contribution in [1.29, 1.82) is 0 Å². The molecule has 0 saturated carbocycles. The summed E-state index contributed by atoms with van der Waals surface area (Å²) in [6, 6.07) is 8.46. The summed E-state index contributed by atoms with van der Waals surface area (Å²) < 4.78 is 5.43. The molecule has 0 atom stereocenters. The molecule has 1 aliphatic rings. The van der Waals surface area contributed by atoms with Crippen molar-refractivity contribution in [3.05, 3.63) is 35.4 Å². The Labute approximate surface area is 162 Å². The summed E-state index contributed by atoms with van der Waals surface area (Å²) in [5, 5.41) is 9.30. The van der Waals surface area contributed by atoms with Gasteiger partial charge >= 0.3 is 0 Å². The van der Waals surface area contributed by atoms with Gasteiger partial charge in [0, 0.05) is 46.8 Å². The molecule has 7 nitrogen and oxygen atoms in total. The fourth-order valence-corrected chi connectivity index (χ4v) is 3.01. The van der Waals surface area contributed by atoms with Crippen molar-refractivity contribution in [1.82, 2.24) is 20.9 Å². The van der Waals surface area contributed by atoms with Crippen molar-refractivity contribution in [2.75, 3.05) is 46.9 Å². The molecule has 0 radical (unpaired) electrons. The largest absolute Gasteiger partial charge is 0.379 e. The van der Waals surface area contributed by atoms with Gasteiger partial charge in [-0.3, -0.25) is 14.7 Å². The van der Waals surface area contributed by atoms with Crippen LogP contribution in [-0.2, 0) is 22.6 Å². The van der Waals surface area contributed by atoms with Crippen molar-refractivity contribution >= 4 is 11.9 Å². The first-order chi connectivity index (χ1) is 13.0. The molecule has 1 aliphatic heterocycles. The lowest BCUT2D eigenvalue weighted by molar-refractivity contribution is -0.128. The Morgan fingerprint density at radius 3 is 2.48 bits per heavy atom. The van der Waals surface area contributed by atoms with Gasteiger partial charge in [0.2, 0.25) is 5.91 Å². The fourth-order valence-electron chi connectivity index (χ4n) is 3.01. The van der Waals surface area contributed by atoms with Crippen molar-refractivity contribution in [3.8, 4) is 0 Å². The number of rotatable bonds is 7. The number of guanidine groups is 1. The summed E-state index contributed by atoms with van der Waals surface area (Å²) in [7, 11) is 3.39. The molecule has 0 unspecified atom stereocenters. The third-order valence-electron chi connectivity index (χ3n) is 4.83. The van der Waals surface area contributed by atoms with Crippen LogP contribution in [0.25, 0.3) is 0 Å². The van der Waals surface area contributed by atoms with Gasteiger partial charge in [0.15, 0.2) is 5.96 Å². The van der Waals surface area contributed by atoms with Crippen LogP contribution >= 0.6 is 0 Å². The second-order valence-electron chi connectivity index (χ2n) is 7.40. The number of carbonyl (C=O) groups is 1. The predicted octanol–water partition coefficient (Wildman–Crippen LogP) is 0.956. The number of hydrogen-bond donors (Lipinski definition) is 3. The minimum absolute atomic E-state index is 0.00121. The van der Waals surface area contributed by atoms with Gasteiger partial charge in [-0.1, -0.05) is 24.3 Å². The molecule has 27 heavy (non-hydrogen) atoms. The van der Waals surface area contributed by atoms with E-state index in [0.717, 1.165) is 32.8 Å². The van der Waals surface area contributed by atoms with Crippen LogP contribution in [0, 0.1) is 5.41 Å². The zero-order chi connectivity index (χ0) is 19.7. The maximum atomic E-state index is 11.9. The zero-order valence-corrected chi connectivity index (χ0v) is 17.0. The van der Waals surface area contributed by atoms with Gasteiger partial charge in [0.05, 0.1) is 18.6 Å². The van der Waals surface area contributed by atoms with Gasteiger partial charge in [-0.15, -0.1) is 0 Å². The maximum Gasteiger partial charge on any atom is 0.227 e. The Morgan fingerprint density at radius 2 is 1.85 bits per heavy atom. The van der Waals surface area contributed by atoms with Crippen molar-refractivity contribution in [2.45, 2.75) is 26.9 Å². The van der Waals surface area contributed by atoms with Gasteiger partial charge < -0.3 is 20.7 Å². The summed E-state index contributed by atoms with van der Waals surface area (Å²) >= 11 is 0. The van der Waals surface area contributed by atoms with Crippen molar-refractivity contribution in [3.63, 3.8) is 0 Å². The van der Waals surface area contributed by atoms with Crippen LogP contribution in [0.5, 0.6) is 0 Å². The van der Waals surface area contributed by atoms with Crippen LogP contribution in [0.2, 0.25) is 0 Å². The second-order valence-corrected chi connectivity index (χ2v) is 7.40. The van der Waals surface area contributed by atoms with Gasteiger partial charge in [-0.2, -0.15) is 0 Å². The summed E-state index contributed by atoms with van der Waals surface area (Å²) in [5.74, 6) is 0.689. The van der Waals surface area contributed by atoms with E-state index in [1.54, 1.807) is 14.1 Å². The van der Waals surface area contributed by atoms with Crippen molar-refractivity contribution < 1.29 is 9.53 Å². The van der Waals surface area contributed by atoms with E-state index < -0.39 is 5.41 Å². The van der Waals surface area contributed by atoms with E-state index >= 15 is 0 Å². The Morgan fingerprint density at radius 1 is 1.19 bits per heavy atom. The van der Waals surface area contributed by atoms with Crippen LogP contribution < -0.4 is 16.0 Å². The summed E-state index contributed by atoms with van der Waals surface area (Å²) in [5.41, 5.74) is 2.05. The molecule has 1 fully saturated rings. The average Bonchev–Trinajstić information content (AvgIpc) is 2.69. The molecule has 1 saturated heterocycles. The summed E-state index contributed by atoms with van der Waals surface area (Å²) in [4.78, 5) is 18.6. The SMILES string of the molecule is CN=C(NCc1ccccc1CN1CCOCC1)NCC(C)(C)C(=O)NC. The number of nitrogens with one attached hydrogen (secondary N) is 3. The number of morpholine rings is 1. The molecule has 1 amide bonds. The van der Waals surface area contributed by atoms with Gasteiger partial charge in [-0.05, 0) is 25.0 Å². The Bertz CT molecular complexity index is 639. The second kappa shape index (κ2) is 10.3. The Kier molecular flexibility index (Phi) is 8.06. The number of carbonyl (C=O) groups excluding carboxylic acids is 1. The lowest BCUT2D eigenvalue weighted by atomic mass is 9.92. The normalized spacial score (nSPS) is 16.1. The smallest absolute Gasteiger partial charge is 0.227 e. The Hall–Kier alpha value is -2.12. The number of aliphatic imine (C=N–C) groups is 1. The maximum absolute atomic E-state index is 11.9. The van der Waals surface area contributed by atoms with E-state index in [-0.39, 0.29) is 5.91 Å². The number of amides is 1. The first-order valence-corrected chi connectivity index (χ1v) is 9.50. The minimum atomic E-state index is -0.513. The van der Waals surface area contributed by atoms with E-state index in [4.69, 9.17) is 4.74 Å². The van der Waals surface area contributed by atoms with Crippen LogP contribution in [0.1, 0.15) is 25.0 Å². The molecular formula is C20H33N5O2. The van der Waals surface area contributed by atoms with Crippen LogP contribution in [-0.4, -0.2) is 63.7 Å². The topological polar surface area (TPSA) is 78.0 Å². The fraction of sp³-hybridized carbons (Fsp3) is 0.600. The number of benzene rings is 1. The predicted molar refractivity (Wildman–Crippen MR) is 109 cm³/mol. The van der Waals surface area contributed by atoms with E-state index in [9.17, 15) is 4.79 Å². The molecular weight excluding hydrogens is 342 g/mol. The van der Waals surface area contributed by atoms with E-state index in [0.29, 0.717) is 19.0 Å². The monoisotopic (exact) mass is 375 g/mol. The molecule has 150 valence electrons. The molecule has 1 aromatic rings. The molecule has 0 aromatic heterocycles. The minimum Gasteiger partial charge on any atom is -0.379 e. The summed E-state index contributed by atoms with van der Waals surface area (Å²) in [6.45, 7) is 9.47. The highest BCUT2D eigenvalue weighted by Crippen LogP contribution is 2.14. The average molecular weight is 376 g/mol. The standard InChI is InChI=1S/C20H33N5O2/c1-20(2,18(26)21-3)15-24-19(22-4)23-13-16-7-5-6-8-17(16)14-25-9-11-27-12-10-25/h5-8H,9-15H2,1-4H3,(H,21,26)(H2,22,23,24). The van der Waals surface area contributed by atoms with Crippen LogP contribution in [0.3, 0.4) is 0 Å². The van der Waals surface area contributed by atoms with E-state index in [2.05, 4.69) is 50.1 Å².